The first kappa shape index (κ1) is 25.0. The maximum atomic E-state index is 13.2. The van der Waals surface area contributed by atoms with Crippen LogP contribution in [0.4, 0.5) is 36.4 Å². The van der Waals surface area contributed by atoms with E-state index in [0.717, 1.165) is 12.1 Å². The number of aromatic nitrogens is 4. The van der Waals surface area contributed by atoms with E-state index in [1.165, 1.54) is 25.6 Å². The SMILES string of the molecule is COc1nc(P(C)(C)=O)cnc1Nc1cnc2c(n1)N(Cc1cc(C(F)(F)F)ccc1Cl)CCN2. The lowest BCUT2D eigenvalue weighted by Crippen LogP contribution is -2.35. The lowest BCUT2D eigenvalue weighted by Gasteiger charge is -2.30. The zero-order valence-electron chi connectivity index (χ0n) is 19.0. The molecular formula is C21H22ClF3N7O2P. The monoisotopic (exact) mass is 527 g/mol. The van der Waals surface area contributed by atoms with Crippen molar-refractivity contribution in [2.75, 3.05) is 49.1 Å². The van der Waals surface area contributed by atoms with E-state index < -0.39 is 18.9 Å². The molecule has 0 aliphatic carbocycles. The van der Waals surface area contributed by atoms with Crippen LogP contribution in [0.25, 0.3) is 0 Å². The Bertz CT molecular complexity index is 1300. The molecule has 0 amide bonds. The van der Waals surface area contributed by atoms with E-state index in [9.17, 15) is 17.7 Å². The minimum atomic E-state index is -4.48. The van der Waals surface area contributed by atoms with Crippen LogP contribution >= 0.6 is 18.7 Å². The second-order valence-corrected chi connectivity index (χ2v) is 11.7. The van der Waals surface area contributed by atoms with Crippen molar-refractivity contribution in [3.63, 3.8) is 0 Å². The van der Waals surface area contributed by atoms with Gasteiger partial charge < -0.3 is 24.8 Å². The van der Waals surface area contributed by atoms with Crippen LogP contribution in [0.15, 0.2) is 30.6 Å². The van der Waals surface area contributed by atoms with Crippen LogP contribution in [-0.2, 0) is 17.3 Å². The summed E-state index contributed by atoms with van der Waals surface area (Å²) < 4.78 is 57.2. The van der Waals surface area contributed by atoms with E-state index in [-0.39, 0.29) is 23.3 Å². The maximum absolute atomic E-state index is 13.2. The molecular weight excluding hydrogens is 506 g/mol. The first-order chi connectivity index (χ1) is 16.5. The molecule has 2 aromatic heterocycles. The molecule has 9 nitrogen and oxygen atoms in total. The van der Waals surface area contributed by atoms with Crippen LogP contribution in [0.1, 0.15) is 11.1 Å². The largest absolute Gasteiger partial charge is 0.478 e. The Morgan fingerprint density at radius 1 is 1.23 bits per heavy atom. The number of ether oxygens (including phenoxy) is 1. The smallest absolute Gasteiger partial charge is 0.416 e. The van der Waals surface area contributed by atoms with Gasteiger partial charge in [-0.2, -0.15) is 13.2 Å². The predicted molar refractivity (Wildman–Crippen MR) is 129 cm³/mol. The van der Waals surface area contributed by atoms with E-state index in [1.54, 1.807) is 18.2 Å². The summed E-state index contributed by atoms with van der Waals surface area (Å²) in [6.45, 7) is 4.26. The van der Waals surface area contributed by atoms with Crippen LogP contribution in [-0.4, -0.2) is 53.5 Å². The molecule has 1 aromatic carbocycles. The molecule has 0 saturated heterocycles. The van der Waals surface area contributed by atoms with Crippen molar-refractivity contribution in [2.45, 2.75) is 12.7 Å². The van der Waals surface area contributed by atoms with Crippen LogP contribution in [0, 0.1) is 0 Å². The van der Waals surface area contributed by atoms with Gasteiger partial charge in [0.15, 0.2) is 23.3 Å². The first-order valence-corrected chi connectivity index (χ1v) is 13.4. The number of nitrogens with one attached hydrogen (secondary N) is 2. The molecule has 0 spiro atoms. The quantitative estimate of drug-likeness (QED) is 0.452. The molecule has 0 unspecified atom stereocenters. The molecule has 14 heteroatoms. The molecule has 35 heavy (non-hydrogen) atoms. The number of halogens is 4. The van der Waals surface area contributed by atoms with Crippen molar-refractivity contribution in [1.29, 1.82) is 0 Å². The van der Waals surface area contributed by atoms with Crippen molar-refractivity contribution < 1.29 is 22.5 Å². The van der Waals surface area contributed by atoms with Gasteiger partial charge in [0.25, 0.3) is 5.88 Å². The summed E-state index contributed by atoms with van der Waals surface area (Å²) in [6.07, 6.45) is -1.59. The third-order valence-electron chi connectivity index (χ3n) is 5.18. The zero-order chi connectivity index (χ0) is 25.4. The molecule has 4 rings (SSSR count). The Morgan fingerprint density at radius 3 is 2.69 bits per heavy atom. The summed E-state index contributed by atoms with van der Waals surface area (Å²) in [5, 5.41) is 6.34. The third-order valence-corrected chi connectivity index (χ3v) is 6.87. The Hall–Kier alpha value is -3.11. The number of anilines is 4. The van der Waals surface area contributed by atoms with Crippen LogP contribution in [0.3, 0.4) is 0 Å². The summed E-state index contributed by atoms with van der Waals surface area (Å²) in [7, 11) is -1.23. The van der Waals surface area contributed by atoms with Gasteiger partial charge in [-0.1, -0.05) is 11.6 Å². The Kier molecular flexibility index (Phi) is 6.79. The summed E-state index contributed by atoms with van der Waals surface area (Å²) in [6, 6.07) is 3.24. The number of hydrogen-bond acceptors (Lipinski definition) is 9. The normalized spacial score (nSPS) is 13.7. The first-order valence-electron chi connectivity index (χ1n) is 10.4. The van der Waals surface area contributed by atoms with Gasteiger partial charge in [-0.3, -0.25) is 0 Å². The number of fused-ring (bicyclic) bond motifs is 1. The van der Waals surface area contributed by atoms with Crippen molar-refractivity contribution in [1.82, 2.24) is 19.9 Å². The fourth-order valence-electron chi connectivity index (χ4n) is 3.40. The van der Waals surface area contributed by atoms with Crippen LogP contribution in [0.5, 0.6) is 5.88 Å². The van der Waals surface area contributed by atoms with E-state index >= 15 is 0 Å². The van der Waals surface area contributed by atoms with Gasteiger partial charge in [0.05, 0.1) is 25.1 Å². The van der Waals surface area contributed by atoms with Gasteiger partial charge in [0.1, 0.15) is 12.6 Å². The highest BCUT2D eigenvalue weighted by Gasteiger charge is 2.31. The average molecular weight is 528 g/mol. The summed E-state index contributed by atoms with van der Waals surface area (Å²) in [5.74, 6) is 1.61. The van der Waals surface area contributed by atoms with Crippen molar-refractivity contribution in [2.24, 2.45) is 0 Å². The summed E-state index contributed by atoms with van der Waals surface area (Å²) in [5.41, 5.74) is -0.127. The molecule has 3 heterocycles. The van der Waals surface area contributed by atoms with Gasteiger partial charge in [-0.05, 0) is 37.1 Å². The number of hydrogen-bond donors (Lipinski definition) is 2. The van der Waals surface area contributed by atoms with Gasteiger partial charge in [-0.25, -0.2) is 19.9 Å². The highest BCUT2D eigenvalue weighted by molar-refractivity contribution is 7.69. The summed E-state index contributed by atoms with van der Waals surface area (Å²) in [4.78, 5) is 19.3. The second-order valence-electron chi connectivity index (χ2n) is 8.14. The maximum Gasteiger partial charge on any atom is 0.416 e. The molecule has 0 atom stereocenters. The van der Waals surface area contributed by atoms with Crippen molar-refractivity contribution >= 4 is 47.4 Å². The minimum absolute atomic E-state index is 0.107. The number of nitrogens with zero attached hydrogens (tertiary/aromatic N) is 5. The summed E-state index contributed by atoms with van der Waals surface area (Å²) >= 11 is 6.20. The number of rotatable bonds is 6. The minimum Gasteiger partial charge on any atom is -0.478 e. The number of methoxy groups -OCH3 is 1. The molecule has 3 aromatic rings. The van der Waals surface area contributed by atoms with E-state index in [4.69, 9.17) is 16.3 Å². The number of benzene rings is 1. The molecule has 0 fully saturated rings. The Balaban J connectivity index is 1.63. The highest BCUT2D eigenvalue weighted by Crippen LogP contribution is 2.36. The van der Waals surface area contributed by atoms with Gasteiger partial charge in [0, 0.05) is 24.7 Å². The molecule has 0 saturated carbocycles. The topological polar surface area (TPSA) is 105 Å². The fraction of sp³-hybridized carbons (Fsp3) is 0.333. The van der Waals surface area contributed by atoms with Crippen molar-refractivity contribution in [3.05, 3.63) is 46.7 Å². The van der Waals surface area contributed by atoms with Crippen molar-refractivity contribution in [3.8, 4) is 5.88 Å². The Labute approximate surface area is 204 Å². The lowest BCUT2D eigenvalue weighted by atomic mass is 10.1. The lowest BCUT2D eigenvalue weighted by molar-refractivity contribution is -0.137. The molecule has 1 aliphatic heterocycles. The van der Waals surface area contributed by atoms with E-state index in [1.807, 2.05) is 0 Å². The zero-order valence-corrected chi connectivity index (χ0v) is 20.7. The molecule has 186 valence electrons. The van der Waals surface area contributed by atoms with E-state index in [2.05, 4.69) is 30.6 Å². The average Bonchev–Trinajstić information content (AvgIpc) is 2.79. The third kappa shape index (κ3) is 5.59. The predicted octanol–water partition coefficient (Wildman–Crippen LogP) is 4.37. The number of alkyl halides is 3. The second kappa shape index (κ2) is 9.50. The highest BCUT2D eigenvalue weighted by atomic mass is 35.5. The van der Waals surface area contributed by atoms with Gasteiger partial charge in [0.2, 0.25) is 0 Å². The van der Waals surface area contributed by atoms with Gasteiger partial charge >= 0.3 is 6.18 Å². The standard InChI is InChI=1S/C21H22ClF3N7O2P/c1-34-20-18(28-10-16(31-20)35(2,3)33)29-15-9-27-17-19(30-15)32(7-6-26-17)11-12-8-13(21(23,24)25)4-5-14(12)22/h4-5,8-10H,6-7,11H2,1-3H3,(H,26,27)(H,28,29,30). The molecule has 1 aliphatic rings. The Morgan fingerprint density at radius 2 is 2.00 bits per heavy atom. The van der Waals surface area contributed by atoms with Crippen LogP contribution < -0.4 is 25.7 Å². The fourth-order valence-corrected chi connectivity index (χ4v) is 4.25. The van der Waals surface area contributed by atoms with Crippen LogP contribution in [0.2, 0.25) is 5.02 Å². The molecule has 0 radical (unpaired) electrons. The van der Waals surface area contributed by atoms with E-state index in [0.29, 0.717) is 41.5 Å². The van der Waals surface area contributed by atoms with Gasteiger partial charge in [-0.15, -0.1) is 0 Å². The molecule has 2 N–H and O–H groups in total. The molecule has 0 bridgehead atoms.